The van der Waals surface area contributed by atoms with Gasteiger partial charge < -0.3 is 20.3 Å². The van der Waals surface area contributed by atoms with Gasteiger partial charge in [0.25, 0.3) is 0 Å². The Balaban J connectivity index is 1.71. The average molecular weight is 388 g/mol. The first-order valence-electron chi connectivity index (χ1n) is 8.94. The molecule has 2 amide bonds. The minimum Gasteiger partial charge on any atom is -0.497 e. The molecule has 2 heterocycles. The predicted octanol–water partition coefficient (Wildman–Crippen LogP) is 3.27. The number of methoxy groups -OCH3 is 1. The van der Waals surface area contributed by atoms with Gasteiger partial charge in [0.1, 0.15) is 5.75 Å². The maximum Gasteiger partial charge on any atom is 0.230 e. The third-order valence-electron chi connectivity index (χ3n) is 4.29. The van der Waals surface area contributed by atoms with E-state index in [1.807, 2.05) is 19.3 Å². The molecule has 0 bridgehead atoms. The van der Waals surface area contributed by atoms with Crippen LogP contribution < -0.4 is 15.4 Å². The van der Waals surface area contributed by atoms with Gasteiger partial charge in [-0.05, 0) is 24.0 Å². The van der Waals surface area contributed by atoms with Crippen LogP contribution in [0.1, 0.15) is 26.7 Å². The van der Waals surface area contributed by atoms with Crippen molar-refractivity contribution in [1.29, 1.82) is 0 Å². The van der Waals surface area contributed by atoms with Crippen LogP contribution in [0.2, 0.25) is 0 Å². The normalized spacial score (nSPS) is 15.8. The number of aliphatic imine (C=N–C) groups is 1. The molecule has 0 saturated heterocycles. The fraction of sp³-hybridized carbons (Fsp3) is 0.421. The van der Waals surface area contributed by atoms with Gasteiger partial charge >= 0.3 is 0 Å². The molecule has 144 valence electrons. The summed E-state index contributed by atoms with van der Waals surface area (Å²) in [7, 11) is 1.56. The highest BCUT2D eigenvalue weighted by atomic mass is 32.2. The second-order valence-corrected chi connectivity index (χ2v) is 7.51. The third kappa shape index (κ3) is 4.63. The van der Waals surface area contributed by atoms with Crippen molar-refractivity contribution in [3.63, 3.8) is 0 Å². The zero-order valence-electron chi connectivity index (χ0n) is 15.7. The Kier molecular flexibility index (Phi) is 6.05. The molecule has 1 aromatic rings. The quantitative estimate of drug-likeness (QED) is 0.781. The van der Waals surface area contributed by atoms with Crippen molar-refractivity contribution in [3.05, 3.63) is 29.3 Å². The molecule has 27 heavy (non-hydrogen) atoms. The lowest BCUT2D eigenvalue weighted by Gasteiger charge is -2.25. The predicted molar refractivity (Wildman–Crippen MR) is 109 cm³/mol. The molecule has 2 N–H and O–H groups in total. The van der Waals surface area contributed by atoms with Crippen molar-refractivity contribution in [3.8, 4) is 5.75 Å². The third-order valence-corrected chi connectivity index (χ3v) is 5.24. The standard InChI is InChI=1S/C19H24N4O3S/c1-12(2)18(25)22-15-6-5-14(26-3)10-16(15)21-17(24)9-13-11-27-19-20-7-4-8-23(13)19/h5-6,10-12H,4,7-9H2,1-3H3,(H,21,24)(H,22,25). The average Bonchev–Trinajstić information content (AvgIpc) is 3.06. The maximum atomic E-state index is 12.6. The van der Waals surface area contributed by atoms with Gasteiger partial charge in [-0.3, -0.25) is 14.6 Å². The van der Waals surface area contributed by atoms with Crippen LogP contribution in [0.25, 0.3) is 0 Å². The fourth-order valence-corrected chi connectivity index (χ4v) is 3.73. The number of nitrogens with one attached hydrogen (secondary N) is 2. The number of thioether (sulfide) groups is 1. The number of carbonyl (C=O) groups excluding carboxylic acids is 2. The molecule has 0 saturated carbocycles. The number of nitrogens with zero attached hydrogens (tertiary/aromatic N) is 2. The number of anilines is 2. The summed E-state index contributed by atoms with van der Waals surface area (Å²) in [4.78, 5) is 31.3. The summed E-state index contributed by atoms with van der Waals surface area (Å²) in [6.45, 7) is 5.37. The van der Waals surface area contributed by atoms with Crippen LogP contribution in [0.15, 0.2) is 34.3 Å². The molecule has 2 aliphatic heterocycles. The van der Waals surface area contributed by atoms with Crippen LogP contribution in [0.4, 0.5) is 11.4 Å². The number of amides is 2. The molecule has 8 heteroatoms. The lowest BCUT2D eigenvalue weighted by atomic mass is 10.2. The second-order valence-electron chi connectivity index (χ2n) is 6.68. The van der Waals surface area contributed by atoms with Gasteiger partial charge in [-0.1, -0.05) is 25.6 Å². The summed E-state index contributed by atoms with van der Waals surface area (Å²) < 4.78 is 5.25. The summed E-state index contributed by atoms with van der Waals surface area (Å²) in [5.41, 5.74) is 2.02. The number of rotatable bonds is 6. The molecular weight excluding hydrogens is 364 g/mol. The zero-order chi connectivity index (χ0) is 19.4. The Bertz CT molecular complexity index is 804. The van der Waals surface area contributed by atoms with Crippen molar-refractivity contribution >= 4 is 40.1 Å². The van der Waals surface area contributed by atoms with Crippen molar-refractivity contribution in [2.24, 2.45) is 10.9 Å². The van der Waals surface area contributed by atoms with Gasteiger partial charge in [-0.25, -0.2) is 0 Å². The lowest BCUT2D eigenvalue weighted by molar-refractivity contribution is -0.119. The molecule has 0 fully saturated rings. The van der Waals surface area contributed by atoms with Crippen LogP contribution in [0.3, 0.4) is 0 Å². The molecule has 7 nitrogen and oxygen atoms in total. The molecule has 0 unspecified atom stereocenters. The molecule has 0 atom stereocenters. The Morgan fingerprint density at radius 1 is 1.30 bits per heavy atom. The van der Waals surface area contributed by atoms with Crippen LogP contribution in [-0.2, 0) is 9.59 Å². The Morgan fingerprint density at radius 3 is 2.85 bits per heavy atom. The monoisotopic (exact) mass is 388 g/mol. The van der Waals surface area contributed by atoms with Gasteiger partial charge in [-0.2, -0.15) is 0 Å². The molecule has 0 aliphatic carbocycles. The number of amidine groups is 1. The molecule has 3 rings (SSSR count). The first-order chi connectivity index (χ1) is 13.0. The van der Waals surface area contributed by atoms with Crippen LogP contribution in [-0.4, -0.2) is 42.1 Å². The maximum absolute atomic E-state index is 12.6. The van der Waals surface area contributed by atoms with Crippen molar-refractivity contribution in [1.82, 2.24) is 4.90 Å². The number of carbonyl (C=O) groups is 2. The van der Waals surface area contributed by atoms with Gasteiger partial charge in [0, 0.05) is 30.8 Å². The number of benzene rings is 1. The number of ether oxygens (including phenoxy) is 1. The minimum atomic E-state index is -0.159. The van der Waals surface area contributed by atoms with Gasteiger partial charge in [0.15, 0.2) is 5.17 Å². The second kappa shape index (κ2) is 8.47. The minimum absolute atomic E-state index is 0.111. The summed E-state index contributed by atoms with van der Waals surface area (Å²) in [5, 5.41) is 8.70. The van der Waals surface area contributed by atoms with E-state index in [0.717, 1.165) is 30.4 Å². The summed E-state index contributed by atoms with van der Waals surface area (Å²) in [5.74, 6) is 0.184. The highest BCUT2D eigenvalue weighted by Gasteiger charge is 2.26. The van der Waals surface area contributed by atoms with Crippen LogP contribution >= 0.6 is 11.8 Å². The summed E-state index contributed by atoms with van der Waals surface area (Å²) in [6.07, 6.45) is 1.24. The van der Waals surface area contributed by atoms with Gasteiger partial charge in [0.2, 0.25) is 11.8 Å². The smallest absolute Gasteiger partial charge is 0.230 e. The van der Waals surface area contributed by atoms with E-state index in [1.165, 1.54) is 0 Å². The van der Waals surface area contributed by atoms with Crippen molar-refractivity contribution < 1.29 is 14.3 Å². The SMILES string of the molecule is COc1ccc(NC(=O)C(C)C)c(NC(=O)CC2=CSC3=NCCCN23)c1. The number of hydrogen-bond donors (Lipinski definition) is 2. The van der Waals surface area contributed by atoms with E-state index in [4.69, 9.17) is 4.74 Å². The highest BCUT2D eigenvalue weighted by Crippen LogP contribution is 2.32. The van der Waals surface area contributed by atoms with Crippen molar-refractivity contribution in [2.75, 3.05) is 30.8 Å². The van der Waals surface area contributed by atoms with Crippen LogP contribution in [0, 0.1) is 5.92 Å². The molecule has 0 radical (unpaired) electrons. The van der Waals surface area contributed by atoms with E-state index >= 15 is 0 Å². The topological polar surface area (TPSA) is 83.0 Å². The molecule has 0 aromatic heterocycles. The van der Waals surface area contributed by atoms with Gasteiger partial charge in [0.05, 0.1) is 24.9 Å². The first kappa shape index (κ1) is 19.3. The molecule has 0 spiro atoms. The Hall–Kier alpha value is -2.48. The van der Waals surface area contributed by atoms with E-state index < -0.39 is 0 Å². The Labute approximate surface area is 163 Å². The molecule has 2 aliphatic rings. The lowest BCUT2D eigenvalue weighted by Crippen LogP contribution is -2.31. The molecular formula is C19H24N4O3S. The van der Waals surface area contributed by atoms with E-state index in [2.05, 4.69) is 20.5 Å². The van der Waals surface area contributed by atoms with E-state index in [9.17, 15) is 9.59 Å². The van der Waals surface area contributed by atoms with Crippen LogP contribution in [0.5, 0.6) is 5.75 Å². The first-order valence-corrected chi connectivity index (χ1v) is 9.82. The van der Waals surface area contributed by atoms with E-state index in [-0.39, 0.29) is 24.2 Å². The van der Waals surface area contributed by atoms with E-state index in [0.29, 0.717) is 17.1 Å². The zero-order valence-corrected chi connectivity index (χ0v) is 16.6. The Morgan fingerprint density at radius 2 is 2.11 bits per heavy atom. The molecule has 1 aromatic carbocycles. The highest BCUT2D eigenvalue weighted by molar-refractivity contribution is 8.16. The largest absolute Gasteiger partial charge is 0.497 e. The van der Waals surface area contributed by atoms with E-state index in [1.54, 1.807) is 37.1 Å². The van der Waals surface area contributed by atoms with Gasteiger partial charge in [-0.15, -0.1) is 0 Å². The van der Waals surface area contributed by atoms with Crippen molar-refractivity contribution in [2.45, 2.75) is 26.7 Å². The summed E-state index contributed by atoms with van der Waals surface area (Å²) >= 11 is 1.56. The fourth-order valence-electron chi connectivity index (χ4n) is 2.77. The number of fused-ring (bicyclic) bond motifs is 1. The summed E-state index contributed by atoms with van der Waals surface area (Å²) in [6, 6.07) is 5.19. The number of hydrogen-bond acceptors (Lipinski definition) is 6.